The molecule has 1 aliphatic carbocycles. The zero-order valence-electron chi connectivity index (χ0n) is 12.3. The molecule has 0 bridgehead atoms. The van der Waals surface area contributed by atoms with Crippen molar-refractivity contribution < 1.29 is 10.2 Å². The third-order valence-electron chi connectivity index (χ3n) is 4.38. The van der Waals surface area contributed by atoms with Gasteiger partial charge in [-0.05, 0) is 48.5 Å². The maximum absolute atomic E-state index is 10.4. The van der Waals surface area contributed by atoms with Crippen LogP contribution in [0.25, 0.3) is 0 Å². The second kappa shape index (κ2) is 7.05. The number of halogens is 1. The number of aryl methyl sites for hydroxylation is 2. The van der Waals surface area contributed by atoms with E-state index in [1.807, 2.05) is 18.5 Å². The number of aliphatic hydroxyl groups excluding tert-OH is 2. The summed E-state index contributed by atoms with van der Waals surface area (Å²) in [6, 6.07) is 0. The van der Waals surface area contributed by atoms with Crippen molar-refractivity contribution >= 4 is 15.9 Å². The lowest BCUT2D eigenvalue weighted by atomic mass is 9.82. The van der Waals surface area contributed by atoms with Gasteiger partial charge in [-0.1, -0.05) is 19.3 Å². The number of nitrogens with zero attached hydrogens (tertiary/aromatic N) is 2. The molecule has 2 unspecified atom stereocenters. The third-order valence-corrected chi connectivity index (χ3v) is 5.41. The molecule has 0 spiro atoms. The van der Waals surface area contributed by atoms with Crippen LogP contribution in [0, 0.1) is 12.8 Å². The maximum Gasteiger partial charge on any atom is 0.0857 e. The highest BCUT2D eigenvalue weighted by atomic mass is 79.9. The van der Waals surface area contributed by atoms with E-state index in [1.54, 1.807) is 0 Å². The van der Waals surface area contributed by atoms with Gasteiger partial charge in [-0.15, -0.1) is 0 Å². The lowest BCUT2D eigenvalue weighted by molar-refractivity contribution is -0.0272. The Labute approximate surface area is 129 Å². The van der Waals surface area contributed by atoms with E-state index in [2.05, 4.69) is 21.0 Å². The summed E-state index contributed by atoms with van der Waals surface area (Å²) in [5, 5.41) is 25.2. The van der Waals surface area contributed by atoms with Crippen LogP contribution in [0.2, 0.25) is 0 Å². The molecule has 1 heterocycles. The third kappa shape index (κ3) is 3.43. The van der Waals surface area contributed by atoms with Crippen LogP contribution >= 0.6 is 15.9 Å². The van der Waals surface area contributed by atoms with Gasteiger partial charge in [-0.25, -0.2) is 0 Å². The summed E-state index contributed by atoms with van der Waals surface area (Å²) in [4.78, 5) is 0. The quantitative estimate of drug-likeness (QED) is 0.863. The Morgan fingerprint density at radius 3 is 2.55 bits per heavy atom. The molecule has 1 saturated carbocycles. The summed E-state index contributed by atoms with van der Waals surface area (Å²) in [5.41, 5.74) is 1.91. The van der Waals surface area contributed by atoms with Crippen molar-refractivity contribution in [3.05, 3.63) is 15.9 Å². The van der Waals surface area contributed by atoms with Crippen molar-refractivity contribution in [1.29, 1.82) is 0 Å². The van der Waals surface area contributed by atoms with E-state index >= 15 is 0 Å². The van der Waals surface area contributed by atoms with Gasteiger partial charge in [0.1, 0.15) is 0 Å². The monoisotopic (exact) mass is 344 g/mol. The first-order valence-electron chi connectivity index (χ1n) is 7.62. The van der Waals surface area contributed by atoms with Crippen LogP contribution in [0.3, 0.4) is 0 Å². The molecule has 0 aliphatic heterocycles. The molecule has 0 aromatic carbocycles. The highest BCUT2D eigenvalue weighted by Crippen LogP contribution is 2.30. The predicted octanol–water partition coefficient (Wildman–Crippen LogP) is 2.82. The van der Waals surface area contributed by atoms with E-state index < -0.39 is 12.2 Å². The van der Waals surface area contributed by atoms with Crippen molar-refractivity contribution in [2.45, 2.75) is 71.1 Å². The molecule has 2 atom stereocenters. The van der Waals surface area contributed by atoms with Crippen molar-refractivity contribution in [3.8, 4) is 0 Å². The molecule has 114 valence electrons. The van der Waals surface area contributed by atoms with Gasteiger partial charge in [0.25, 0.3) is 0 Å². The van der Waals surface area contributed by atoms with Crippen LogP contribution in [0.1, 0.15) is 50.4 Å². The Hall–Kier alpha value is -0.390. The largest absolute Gasteiger partial charge is 0.390 e. The van der Waals surface area contributed by atoms with E-state index in [-0.39, 0.29) is 5.92 Å². The van der Waals surface area contributed by atoms with Crippen LogP contribution in [-0.4, -0.2) is 32.2 Å². The lowest BCUT2D eigenvalue weighted by Gasteiger charge is -2.29. The minimum absolute atomic E-state index is 0.247. The average Bonchev–Trinajstić information content (AvgIpc) is 2.75. The van der Waals surface area contributed by atoms with E-state index in [0.717, 1.165) is 35.2 Å². The molecule has 1 fully saturated rings. The second-order valence-electron chi connectivity index (χ2n) is 5.82. The fourth-order valence-electron chi connectivity index (χ4n) is 3.17. The zero-order valence-corrected chi connectivity index (χ0v) is 13.9. The Bertz CT molecular complexity index is 441. The smallest absolute Gasteiger partial charge is 0.0857 e. The van der Waals surface area contributed by atoms with Crippen molar-refractivity contribution in [2.24, 2.45) is 5.92 Å². The molecule has 20 heavy (non-hydrogen) atoms. The first-order valence-corrected chi connectivity index (χ1v) is 8.41. The van der Waals surface area contributed by atoms with Gasteiger partial charge in [0, 0.05) is 13.0 Å². The fraction of sp³-hybridized carbons (Fsp3) is 0.800. The molecule has 1 aromatic heterocycles. The number of rotatable bonds is 5. The summed E-state index contributed by atoms with van der Waals surface area (Å²) in [6.07, 6.45) is 4.78. The van der Waals surface area contributed by atoms with Crippen LogP contribution in [0.15, 0.2) is 4.47 Å². The van der Waals surface area contributed by atoms with Gasteiger partial charge >= 0.3 is 0 Å². The Kier molecular flexibility index (Phi) is 5.64. The topological polar surface area (TPSA) is 58.3 Å². The summed E-state index contributed by atoms with van der Waals surface area (Å²) < 4.78 is 2.85. The number of hydrogen-bond donors (Lipinski definition) is 2. The van der Waals surface area contributed by atoms with Crippen LogP contribution in [0.4, 0.5) is 0 Å². The highest BCUT2D eigenvalue weighted by Gasteiger charge is 2.29. The van der Waals surface area contributed by atoms with Gasteiger partial charge in [0.05, 0.1) is 28.1 Å². The van der Waals surface area contributed by atoms with Gasteiger partial charge in [-0.2, -0.15) is 5.10 Å². The highest BCUT2D eigenvalue weighted by molar-refractivity contribution is 9.10. The molecule has 1 aromatic rings. The molecule has 5 heteroatoms. The SMILES string of the molecule is CCn1nc(C)c(Br)c1CC(O)C(O)C1CCCCC1. The van der Waals surface area contributed by atoms with Gasteiger partial charge < -0.3 is 10.2 Å². The molecule has 4 nitrogen and oxygen atoms in total. The molecule has 0 radical (unpaired) electrons. The standard InChI is InChI=1S/C15H25BrN2O2/c1-3-18-12(14(16)10(2)17-18)9-13(19)15(20)11-7-5-4-6-8-11/h11,13,15,19-20H,3-9H2,1-2H3. The van der Waals surface area contributed by atoms with Crippen LogP contribution < -0.4 is 0 Å². The second-order valence-corrected chi connectivity index (χ2v) is 6.62. The summed E-state index contributed by atoms with van der Waals surface area (Å²) in [6.45, 7) is 4.75. The number of aromatic nitrogens is 2. The lowest BCUT2D eigenvalue weighted by Crippen LogP contribution is -2.36. The van der Waals surface area contributed by atoms with E-state index in [9.17, 15) is 10.2 Å². The first-order chi connectivity index (χ1) is 9.54. The van der Waals surface area contributed by atoms with Gasteiger partial charge in [-0.3, -0.25) is 4.68 Å². The van der Waals surface area contributed by atoms with Crippen LogP contribution in [0.5, 0.6) is 0 Å². The molecule has 1 aliphatic rings. The number of aliphatic hydroxyl groups is 2. The van der Waals surface area contributed by atoms with Crippen molar-refractivity contribution in [1.82, 2.24) is 9.78 Å². The predicted molar refractivity (Wildman–Crippen MR) is 82.6 cm³/mol. The Morgan fingerprint density at radius 2 is 1.95 bits per heavy atom. The molecule has 2 N–H and O–H groups in total. The van der Waals surface area contributed by atoms with E-state index in [0.29, 0.717) is 6.42 Å². The Morgan fingerprint density at radius 1 is 1.30 bits per heavy atom. The first kappa shape index (κ1) is 16.0. The van der Waals surface area contributed by atoms with Crippen molar-refractivity contribution in [3.63, 3.8) is 0 Å². The summed E-state index contributed by atoms with van der Waals surface area (Å²) in [5.74, 6) is 0.247. The fourth-order valence-corrected chi connectivity index (χ4v) is 3.62. The minimum Gasteiger partial charge on any atom is -0.390 e. The molecule has 0 amide bonds. The maximum atomic E-state index is 10.4. The number of hydrogen-bond acceptors (Lipinski definition) is 3. The van der Waals surface area contributed by atoms with Gasteiger partial charge in [0.2, 0.25) is 0 Å². The molecular weight excluding hydrogens is 320 g/mol. The molecular formula is C15H25BrN2O2. The minimum atomic E-state index is -0.712. The summed E-state index contributed by atoms with van der Waals surface area (Å²) >= 11 is 3.54. The Balaban J connectivity index is 2.05. The van der Waals surface area contributed by atoms with E-state index in [1.165, 1.54) is 19.3 Å². The average molecular weight is 345 g/mol. The van der Waals surface area contributed by atoms with E-state index in [4.69, 9.17) is 0 Å². The summed E-state index contributed by atoms with van der Waals surface area (Å²) in [7, 11) is 0. The van der Waals surface area contributed by atoms with Gasteiger partial charge in [0.15, 0.2) is 0 Å². The normalized spacial score (nSPS) is 20.1. The van der Waals surface area contributed by atoms with Crippen LogP contribution in [-0.2, 0) is 13.0 Å². The zero-order chi connectivity index (χ0) is 14.7. The molecule has 0 saturated heterocycles. The van der Waals surface area contributed by atoms with Crippen molar-refractivity contribution in [2.75, 3.05) is 0 Å². The molecule has 2 rings (SSSR count).